The quantitative estimate of drug-likeness (QED) is 0.361. The Kier molecular flexibility index (Phi) is 12.9. The van der Waals surface area contributed by atoms with Crippen LogP contribution >= 0.6 is 7.82 Å². The van der Waals surface area contributed by atoms with Gasteiger partial charge in [-0.1, -0.05) is 0 Å². The predicted octanol–water partition coefficient (Wildman–Crippen LogP) is -0.934. The van der Waals surface area contributed by atoms with Crippen molar-refractivity contribution >= 4 is 7.82 Å². The van der Waals surface area contributed by atoms with E-state index in [1.165, 1.54) is 0 Å². The summed E-state index contributed by atoms with van der Waals surface area (Å²) >= 11 is 0. The van der Waals surface area contributed by atoms with Gasteiger partial charge >= 0.3 is 7.82 Å². The maximum Gasteiger partial charge on any atom is 0.466 e. The van der Waals surface area contributed by atoms with E-state index in [-0.39, 0.29) is 44.8 Å². The Morgan fingerprint density at radius 3 is 1.14 bits per heavy atom. The van der Waals surface area contributed by atoms with E-state index in [0.29, 0.717) is 0 Å². The molecule has 0 spiro atoms. The minimum Gasteiger partial charge on any atom is -0.303 e. The van der Waals surface area contributed by atoms with Crippen molar-refractivity contribution in [2.75, 3.05) is 0 Å². The Hall–Kier alpha value is 1.59. The Morgan fingerprint density at radius 1 is 1.14 bits per heavy atom. The summed E-state index contributed by atoms with van der Waals surface area (Å²) in [6, 6.07) is 0. The van der Waals surface area contributed by atoms with Crippen LogP contribution in [0, 0.1) is 0 Å². The van der Waals surface area contributed by atoms with Gasteiger partial charge in [0.05, 0.1) is 0 Å². The van der Waals surface area contributed by atoms with E-state index in [9.17, 15) is 0 Å². The molecular weight excluding hydrogens is 400 g/mol. The second kappa shape index (κ2) is 5.72. The topological polar surface area (TPSA) is 77.8 Å². The van der Waals surface area contributed by atoms with Crippen LogP contribution in [-0.2, 0) is 49.3 Å². The molecule has 0 saturated heterocycles. The van der Waals surface area contributed by atoms with Gasteiger partial charge in [-0.3, -0.25) is 0 Å². The average molecular weight is 403 g/mol. The summed E-state index contributed by atoms with van der Waals surface area (Å²) in [5.41, 5.74) is 0. The van der Waals surface area contributed by atoms with E-state index in [1.807, 2.05) is 0 Å². The summed E-state index contributed by atoms with van der Waals surface area (Å²) in [4.78, 5) is 21.6. The molecule has 7 heteroatoms. The van der Waals surface area contributed by atoms with Crippen molar-refractivity contribution in [2.24, 2.45) is 0 Å². The van der Waals surface area contributed by atoms with E-state index >= 15 is 0 Å². The van der Waals surface area contributed by atoms with Gasteiger partial charge in [-0.15, -0.1) is 0 Å². The Bertz CT molecular complexity index is 57.8. The molecule has 0 atom stereocenters. The molecule has 0 aromatic heterocycles. The molecule has 0 saturated carbocycles. The molecule has 0 bridgehead atoms. The van der Waals surface area contributed by atoms with Crippen molar-refractivity contribution in [2.45, 2.75) is 0 Å². The third-order valence-electron chi connectivity index (χ3n) is 0. The zero-order valence-corrected chi connectivity index (χ0v) is 7.34. The predicted molar refractivity (Wildman–Crippen MR) is 14.3 cm³/mol. The first-order valence-electron chi connectivity index (χ1n) is 0.783. The van der Waals surface area contributed by atoms with Gasteiger partial charge in [0.25, 0.3) is 0 Å². The molecule has 0 rings (SSSR count). The summed E-state index contributed by atoms with van der Waals surface area (Å²) in [7, 11) is -4.64. The molecule has 3 N–H and O–H groups in total. The van der Waals surface area contributed by atoms with Crippen LogP contribution in [0.1, 0.15) is 0 Å². The fourth-order valence-corrected chi connectivity index (χ4v) is 0. The second-order valence-corrected chi connectivity index (χ2v) is 1.54. The molecule has 0 fully saturated rings. The molecule has 7 heavy (non-hydrogen) atoms. The van der Waals surface area contributed by atoms with Crippen LogP contribution in [0.25, 0.3) is 0 Å². The van der Waals surface area contributed by atoms with E-state index in [2.05, 4.69) is 0 Å². The molecule has 2 radical (unpaired) electrons. The van der Waals surface area contributed by atoms with Gasteiger partial charge in [0, 0.05) is 44.8 Å². The molecule has 0 aliphatic rings. The van der Waals surface area contributed by atoms with Crippen molar-refractivity contribution < 1.29 is 64.0 Å². The van der Waals surface area contributed by atoms with Gasteiger partial charge in [-0.25, -0.2) is 4.57 Å². The molecule has 0 aromatic rings. The summed E-state index contributed by atoms with van der Waals surface area (Å²) in [5.74, 6) is 0. The second-order valence-electron chi connectivity index (χ2n) is 0.513. The number of hydrogen-bond donors (Lipinski definition) is 3. The molecular formula is H3AgAuO4P. The molecule has 0 unspecified atom stereocenters. The minimum atomic E-state index is -4.64. The largest absolute Gasteiger partial charge is 0.466 e. The van der Waals surface area contributed by atoms with E-state index in [0.717, 1.165) is 0 Å². The molecule has 0 amide bonds. The number of rotatable bonds is 0. The van der Waals surface area contributed by atoms with Crippen LogP contribution in [0.2, 0.25) is 0 Å². The van der Waals surface area contributed by atoms with Crippen molar-refractivity contribution in [3.63, 3.8) is 0 Å². The van der Waals surface area contributed by atoms with Crippen LogP contribution in [0.3, 0.4) is 0 Å². The molecule has 0 aliphatic carbocycles. The fourth-order valence-electron chi connectivity index (χ4n) is 0. The first kappa shape index (κ1) is 15.8. The molecule has 0 aromatic carbocycles. The molecule has 0 heterocycles. The van der Waals surface area contributed by atoms with Crippen molar-refractivity contribution in [3.05, 3.63) is 0 Å². The smallest absolute Gasteiger partial charge is 0.303 e. The standard InChI is InChI=1S/Ag.Au.H3O4P/c;;1-5(2,3)4/h;;(H3,1,2,3,4). The Labute approximate surface area is 71.6 Å². The van der Waals surface area contributed by atoms with E-state index < -0.39 is 7.82 Å². The Morgan fingerprint density at radius 2 is 1.14 bits per heavy atom. The van der Waals surface area contributed by atoms with Crippen LogP contribution in [0.4, 0.5) is 0 Å². The van der Waals surface area contributed by atoms with Crippen LogP contribution < -0.4 is 0 Å². The SMILES string of the molecule is O=P(O)(O)O.[Ag].[Au]. The minimum absolute atomic E-state index is 0. The third kappa shape index (κ3) is 93.8. The van der Waals surface area contributed by atoms with Crippen LogP contribution in [0.5, 0.6) is 0 Å². The monoisotopic (exact) mass is 402 g/mol. The van der Waals surface area contributed by atoms with E-state index in [4.69, 9.17) is 19.2 Å². The summed E-state index contributed by atoms with van der Waals surface area (Å²) in [5, 5.41) is 0. The van der Waals surface area contributed by atoms with Crippen LogP contribution in [0.15, 0.2) is 0 Å². The first-order valence-corrected chi connectivity index (χ1v) is 2.35. The van der Waals surface area contributed by atoms with Crippen molar-refractivity contribution in [3.8, 4) is 0 Å². The van der Waals surface area contributed by atoms with Crippen LogP contribution in [-0.4, -0.2) is 14.7 Å². The summed E-state index contributed by atoms with van der Waals surface area (Å²) in [6.07, 6.45) is 0. The van der Waals surface area contributed by atoms with E-state index in [1.54, 1.807) is 0 Å². The fraction of sp³-hybridized carbons (Fsp3) is 0. The van der Waals surface area contributed by atoms with Gasteiger partial charge in [0.2, 0.25) is 0 Å². The van der Waals surface area contributed by atoms with Gasteiger partial charge in [-0.2, -0.15) is 0 Å². The average Bonchev–Trinajstić information content (AvgIpc) is 0.722. The van der Waals surface area contributed by atoms with Crippen molar-refractivity contribution in [1.29, 1.82) is 0 Å². The maximum absolute atomic E-state index is 8.88. The van der Waals surface area contributed by atoms with Gasteiger partial charge in [-0.05, 0) is 0 Å². The summed E-state index contributed by atoms with van der Waals surface area (Å²) < 4.78 is 8.88. The van der Waals surface area contributed by atoms with Crippen molar-refractivity contribution in [1.82, 2.24) is 0 Å². The zero-order chi connectivity index (χ0) is 4.50. The first-order chi connectivity index (χ1) is 2.00. The number of hydrogen-bond acceptors (Lipinski definition) is 1. The third-order valence-corrected chi connectivity index (χ3v) is 0. The molecule has 0 aliphatic heterocycles. The maximum atomic E-state index is 8.88. The number of phosphoric acid groups is 1. The van der Waals surface area contributed by atoms with Gasteiger partial charge in [0.1, 0.15) is 0 Å². The molecule has 4 nitrogen and oxygen atoms in total. The zero-order valence-electron chi connectivity index (χ0n) is 2.80. The Balaban J connectivity index is -0.0000000800. The normalized spacial score (nSPS) is 8.43. The van der Waals surface area contributed by atoms with Gasteiger partial charge in [0.15, 0.2) is 0 Å². The summed E-state index contributed by atoms with van der Waals surface area (Å²) in [6.45, 7) is 0. The molecule has 54 valence electrons. The van der Waals surface area contributed by atoms with Gasteiger partial charge < -0.3 is 14.7 Å².